The van der Waals surface area contributed by atoms with Crippen LogP contribution in [-0.4, -0.2) is 39.2 Å². The first-order valence-corrected chi connectivity index (χ1v) is 10.8. The average molecular weight is 387 g/mol. The van der Waals surface area contributed by atoms with Crippen molar-refractivity contribution in [2.75, 3.05) is 29.1 Å². The molecule has 1 aliphatic rings. The van der Waals surface area contributed by atoms with Crippen LogP contribution in [-0.2, 0) is 16.4 Å². The van der Waals surface area contributed by atoms with E-state index in [0.717, 1.165) is 15.8 Å². The maximum atomic E-state index is 12.9. The minimum atomic E-state index is -3.29. The van der Waals surface area contributed by atoms with E-state index in [0.29, 0.717) is 29.3 Å². The van der Waals surface area contributed by atoms with E-state index < -0.39 is 10.0 Å². The molecular formula is C18H17N3O3S2. The predicted molar refractivity (Wildman–Crippen MR) is 105 cm³/mol. The van der Waals surface area contributed by atoms with Crippen molar-refractivity contribution >= 4 is 48.3 Å². The number of sulfonamides is 1. The van der Waals surface area contributed by atoms with Crippen molar-refractivity contribution < 1.29 is 13.2 Å². The Balaban J connectivity index is 1.64. The molecule has 2 aromatic carbocycles. The van der Waals surface area contributed by atoms with E-state index in [9.17, 15) is 13.2 Å². The Labute approximate surface area is 155 Å². The van der Waals surface area contributed by atoms with Crippen LogP contribution in [0, 0.1) is 0 Å². The summed E-state index contributed by atoms with van der Waals surface area (Å²) in [5, 5.41) is 0.634. The van der Waals surface area contributed by atoms with E-state index in [4.69, 9.17) is 0 Å². The van der Waals surface area contributed by atoms with Gasteiger partial charge in [0.2, 0.25) is 10.0 Å². The summed E-state index contributed by atoms with van der Waals surface area (Å²) >= 11 is 1.46. The SMILES string of the molecule is CN(C(=O)c1ccc2c(c1)CCN2S(C)(=O)=O)c1nc2ccccc2s1. The zero-order valence-electron chi connectivity index (χ0n) is 14.3. The summed E-state index contributed by atoms with van der Waals surface area (Å²) in [4.78, 5) is 18.9. The minimum absolute atomic E-state index is 0.162. The molecule has 26 heavy (non-hydrogen) atoms. The van der Waals surface area contributed by atoms with Gasteiger partial charge in [0.25, 0.3) is 5.91 Å². The third-order valence-corrected chi connectivity index (χ3v) is 6.75. The highest BCUT2D eigenvalue weighted by atomic mass is 32.2. The molecule has 2 heterocycles. The van der Waals surface area contributed by atoms with Gasteiger partial charge in [-0.05, 0) is 42.3 Å². The Bertz CT molecular complexity index is 1090. The van der Waals surface area contributed by atoms with Gasteiger partial charge < -0.3 is 0 Å². The highest BCUT2D eigenvalue weighted by molar-refractivity contribution is 7.92. The number of hydrogen-bond donors (Lipinski definition) is 0. The lowest BCUT2D eigenvalue weighted by Crippen LogP contribution is -2.27. The minimum Gasteiger partial charge on any atom is -0.287 e. The fourth-order valence-corrected chi connectivity index (χ4v) is 5.02. The monoisotopic (exact) mass is 387 g/mol. The Kier molecular flexibility index (Phi) is 3.96. The molecule has 0 saturated heterocycles. The van der Waals surface area contributed by atoms with Gasteiger partial charge in [0.15, 0.2) is 5.13 Å². The van der Waals surface area contributed by atoms with Crippen LogP contribution in [0.1, 0.15) is 15.9 Å². The molecule has 1 amide bonds. The van der Waals surface area contributed by atoms with E-state index >= 15 is 0 Å². The fraction of sp³-hybridized carbons (Fsp3) is 0.222. The summed E-state index contributed by atoms with van der Waals surface area (Å²) in [6.45, 7) is 0.416. The Morgan fingerprint density at radius 3 is 2.73 bits per heavy atom. The summed E-state index contributed by atoms with van der Waals surface area (Å²) in [7, 11) is -1.59. The summed E-state index contributed by atoms with van der Waals surface area (Å²) in [6, 6.07) is 12.9. The molecule has 4 rings (SSSR count). The largest absolute Gasteiger partial charge is 0.287 e. The van der Waals surface area contributed by atoms with Crippen LogP contribution in [0.25, 0.3) is 10.2 Å². The van der Waals surface area contributed by atoms with Crippen molar-refractivity contribution in [1.82, 2.24) is 4.98 Å². The number of anilines is 2. The van der Waals surface area contributed by atoms with E-state index in [1.54, 1.807) is 25.2 Å². The van der Waals surface area contributed by atoms with Crippen molar-refractivity contribution in [1.29, 1.82) is 0 Å². The third-order valence-electron chi connectivity index (χ3n) is 4.45. The summed E-state index contributed by atoms with van der Waals surface area (Å²) < 4.78 is 26.1. The highest BCUT2D eigenvalue weighted by Gasteiger charge is 2.27. The average Bonchev–Trinajstić information content (AvgIpc) is 3.23. The second kappa shape index (κ2) is 6.07. The second-order valence-corrected chi connectivity index (χ2v) is 9.17. The lowest BCUT2D eigenvalue weighted by Gasteiger charge is -2.17. The normalized spacial score (nSPS) is 13.8. The van der Waals surface area contributed by atoms with E-state index in [2.05, 4.69) is 4.98 Å². The van der Waals surface area contributed by atoms with Crippen LogP contribution >= 0.6 is 11.3 Å². The lowest BCUT2D eigenvalue weighted by atomic mass is 10.1. The molecule has 0 spiro atoms. The molecule has 0 unspecified atom stereocenters. The first kappa shape index (κ1) is 17.0. The second-order valence-electron chi connectivity index (χ2n) is 6.26. The zero-order valence-corrected chi connectivity index (χ0v) is 16.0. The quantitative estimate of drug-likeness (QED) is 0.693. The lowest BCUT2D eigenvalue weighted by molar-refractivity contribution is 0.0993. The molecule has 0 bridgehead atoms. The van der Waals surface area contributed by atoms with Crippen LogP contribution in [0.15, 0.2) is 42.5 Å². The number of carbonyl (C=O) groups excluding carboxylic acids is 1. The van der Waals surface area contributed by atoms with Crippen LogP contribution < -0.4 is 9.21 Å². The van der Waals surface area contributed by atoms with Gasteiger partial charge in [-0.2, -0.15) is 0 Å². The molecule has 0 fully saturated rings. The van der Waals surface area contributed by atoms with Crippen LogP contribution in [0.5, 0.6) is 0 Å². The topological polar surface area (TPSA) is 70.6 Å². The van der Waals surface area contributed by atoms with Gasteiger partial charge >= 0.3 is 0 Å². The maximum absolute atomic E-state index is 12.9. The Morgan fingerprint density at radius 1 is 1.23 bits per heavy atom. The van der Waals surface area contributed by atoms with Crippen molar-refractivity contribution in [2.24, 2.45) is 0 Å². The number of aromatic nitrogens is 1. The number of rotatable bonds is 3. The molecule has 1 aromatic heterocycles. The van der Waals surface area contributed by atoms with Crippen molar-refractivity contribution in [2.45, 2.75) is 6.42 Å². The molecule has 6 nitrogen and oxygen atoms in total. The maximum Gasteiger partial charge on any atom is 0.259 e. The molecule has 0 radical (unpaired) electrons. The highest BCUT2D eigenvalue weighted by Crippen LogP contribution is 2.32. The van der Waals surface area contributed by atoms with Gasteiger partial charge in [0.05, 0.1) is 22.2 Å². The van der Waals surface area contributed by atoms with Gasteiger partial charge in [-0.25, -0.2) is 13.4 Å². The number of fused-ring (bicyclic) bond motifs is 2. The van der Waals surface area contributed by atoms with E-state index in [1.807, 2.05) is 24.3 Å². The molecular weight excluding hydrogens is 370 g/mol. The summed E-state index contributed by atoms with van der Waals surface area (Å²) in [6.07, 6.45) is 1.80. The van der Waals surface area contributed by atoms with Gasteiger partial charge in [0.1, 0.15) is 0 Å². The number of para-hydroxylation sites is 1. The van der Waals surface area contributed by atoms with Crippen LogP contribution in [0.3, 0.4) is 0 Å². The van der Waals surface area contributed by atoms with Crippen molar-refractivity contribution in [3.05, 3.63) is 53.6 Å². The van der Waals surface area contributed by atoms with Crippen LogP contribution in [0.2, 0.25) is 0 Å². The first-order chi connectivity index (χ1) is 12.3. The molecule has 1 aliphatic heterocycles. The molecule has 0 N–H and O–H groups in total. The smallest absolute Gasteiger partial charge is 0.259 e. The molecule has 3 aromatic rings. The number of benzene rings is 2. The van der Waals surface area contributed by atoms with E-state index in [1.165, 1.54) is 26.8 Å². The standard InChI is InChI=1S/C18H17N3O3S2/c1-20(18-19-14-5-3-4-6-16(14)25-18)17(22)13-7-8-15-12(11-13)9-10-21(15)26(2,23)24/h3-8,11H,9-10H2,1-2H3. The number of nitrogens with zero attached hydrogens (tertiary/aromatic N) is 3. The van der Waals surface area contributed by atoms with Gasteiger partial charge in [0, 0.05) is 19.2 Å². The van der Waals surface area contributed by atoms with Crippen LogP contribution in [0.4, 0.5) is 10.8 Å². The molecule has 0 atom stereocenters. The summed E-state index contributed by atoms with van der Waals surface area (Å²) in [5.41, 5.74) is 2.93. The number of thiazole rings is 1. The third kappa shape index (κ3) is 2.85. The van der Waals surface area contributed by atoms with E-state index in [-0.39, 0.29) is 5.91 Å². The molecule has 0 aliphatic carbocycles. The van der Waals surface area contributed by atoms with Gasteiger partial charge in [-0.15, -0.1) is 0 Å². The Morgan fingerprint density at radius 2 is 2.00 bits per heavy atom. The number of hydrogen-bond acceptors (Lipinski definition) is 5. The molecule has 134 valence electrons. The first-order valence-electron chi connectivity index (χ1n) is 8.09. The number of carbonyl (C=O) groups is 1. The Hall–Kier alpha value is -2.45. The fourth-order valence-electron chi connectivity index (χ4n) is 3.13. The zero-order chi connectivity index (χ0) is 18.5. The predicted octanol–water partition coefficient (Wildman–Crippen LogP) is 2.90. The van der Waals surface area contributed by atoms with Crippen molar-refractivity contribution in [3.63, 3.8) is 0 Å². The van der Waals surface area contributed by atoms with Gasteiger partial charge in [-0.3, -0.25) is 14.0 Å². The molecule has 0 saturated carbocycles. The number of amides is 1. The van der Waals surface area contributed by atoms with Gasteiger partial charge in [-0.1, -0.05) is 23.5 Å². The van der Waals surface area contributed by atoms with Crippen molar-refractivity contribution in [3.8, 4) is 0 Å². The summed E-state index contributed by atoms with van der Waals surface area (Å²) in [5.74, 6) is -0.162. The molecule has 8 heteroatoms.